The summed E-state index contributed by atoms with van der Waals surface area (Å²) in [5.41, 5.74) is 1.51. The first-order valence-electron chi connectivity index (χ1n) is 8.96. The molecule has 3 aromatic rings. The Kier molecular flexibility index (Phi) is 5.00. The van der Waals surface area contributed by atoms with E-state index in [4.69, 9.17) is 4.42 Å². The molecule has 0 saturated carbocycles. The van der Waals surface area contributed by atoms with Crippen molar-refractivity contribution in [1.82, 2.24) is 15.3 Å². The zero-order chi connectivity index (χ0) is 18.5. The number of pyridine rings is 2. The first kappa shape index (κ1) is 17.1. The molecule has 0 spiro atoms. The molecule has 1 aliphatic rings. The molecule has 0 radical (unpaired) electrons. The molecule has 1 saturated heterocycles. The van der Waals surface area contributed by atoms with Crippen LogP contribution in [-0.2, 0) is 6.54 Å². The second kappa shape index (κ2) is 7.90. The number of carbonyl (C=O) groups is 1. The average Bonchev–Trinajstić information content (AvgIpc) is 3.27. The molecule has 7 nitrogen and oxygen atoms in total. The summed E-state index contributed by atoms with van der Waals surface area (Å²) in [5.74, 6) is 1.56. The van der Waals surface area contributed by atoms with E-state index in [1.807, 2.05) is 36.5 Å². The fourth-order valence-electron chi connectivity index (χ4n) is 3.14. The quantitative estimate of drug-likeness (QED) is 0.750. The van der Waals surface area contributed by atoms with Crippen LogP contribution in [-0.4, -0.2) is 42.1 Å². The Morgan fingerprint density at radius 1 is 1.07 bits per heavy atom. The van der Waals surface area contributed by atoms with Crippen molar-refractivity contribution in [1.29, 1.82) is 0 Å². The van der Waals surface area contributed by atoms with Gasteiger partial charge < -0.3 is 19.5 Å². The SMILES string of the molecule is O=C(NCc1ccco1)c1cncc(N2CCN(c3ccccn3)CC2)c1. The lowest BCUT2D eigenvalue weighted by Crippen LogP contribution is -2.46. The standard InChI is InChI=1S/C20H21N5O2/c26-20(23-15-18-4-3-11-27-18)16-12-17(14-21-13-16)24-7-9-25(10-8-24)19-5-1-2-6-22-19/h1-6,11-14H,7-10,15H2,(H,23,26). The van der Waals surface area contributed by atoms with Crippen molar-refractivity contribution >= 4 is 17.4 Å². The van der Waals surface area contributed by atoms with Crippen LogP contribution in [0.4, 0.5) is 11.5 Å². The van der Waals surface area contributed by atoms with E-state index in [9.17, 15) is 4.79 Å². The van der Waals surface area contributed by atoms with E-state index in [1.54, 1.807) is 24.7 Å². The van der Waals surface area contributed by atoms with Crippen molar-refractivity contribution in [2.24, 2.45) is 0 Å². The maximum atomic E-state index is 12.4. The molecule has 1 N–H and O–H groups in total. The smallest absolute Gasteiger partial charge is 0.253 e. The maximum absolute atomic E-state index is 12.4. The Bertz CT molecular complexity index is 874. The Morgan fingerprint density at radius 3 is 2.67 bits per heavy atom. The second-order valence-electron chi connectivity index (χ2n) is 6.36. The minimum Gasteiger partial charge on any atom is -0.467 e. The number of nitrogens with one attached hydrogen (secondary N) is 1. The van der Waals surface area contributed by atoms with Gasteiger partial charge in [0.1, 0.15) is 11.6 Å². The van der Waals surface area contributed by atoms with Crippen LogP contribution in [0.2, 0.25) is 0 Å². The third-order valence-electron chi connectivity index (χ3n) is 4.61. The van der Waals surface area contributed by atoms with Crippen molar-refractivity contribution in [3.05, 3.63) is 72.6 Å². The van der Waals surface area contributed by atoms with E-state index >= 15 is 0 Å². The number of hydrogen-bond acceptors (Lipinski definition) is 6. The largest absolute Gasteiger partial charge is 0.467 e. The molecule has 4 heterocycles. The highest BCUT2D eigenvalue weighted by Crippen LogP contribution is 2.19. The zero-order valence-corrected chi connectivity index (χ0v) is 14.9. The molecule has 7 heteroatoms. The molecule has 0 bridgehead atoms. The van der Waals surface area contributed by atoms with Crippen LogP contribution >= 0.6 is 0 Å². The predicted octanol–water partition coefficient (Wildman–Crippen LogP) is 2.33. The Balaban J connectivity index is 1.37. The number of carbonyl (C=O) groups excluding carboxylic acids is 1. The third kappa shape index (κ3) is 4.08. The number of furan rings is 1. The zero-order valence-electron chi connectivity index (χ0n) is 14.9. The van der Waals surface area contributed by atoms with E-state index in [0.29, 0.717) is 12.1 Å². The number of hydrogen-bond donors (Lipinski definition) is 1. The summed E-state index contributed by atoms with van der Waals surface area (Å²) in [7, 11) is 0. The lowest BCUT2D eigenvalue weighted by Gasteiger charge is -2.36. The van der Waals surface area contributed by atoms with Gasteiger partial charge in [-0.3, -0.25) is 9.78 Å². The summed E-state index contributed by atoms with van der Waals surface area (Å²) < 4.78 is 5.24. The molecule has 138 valence electrons. The molecule has 1 fully saturated rings. The van der Waals surface area contributed by atoms with E-state index in [1.165, 1.54) is 0 Å². The van der Waals surface area contributed by atoms with Gasteiger partial charge in [-0.15, -0.1) is 0 Å². The first-order valence-corrected chi connectivity index (χ1v) is 8.96. The molecule has 0 atom stereocenters. The van der Waals surface area contributed by atoms with Crippen molar-refractivity contribution < 1.29 is 9.21 Å². The van der Waals surface area contributed by atoms with Gasteiger partial charge in [-0.05, 0) is 30.3 Å². The van der Waals surface area contributed by atoms with Gasteiger partial charge in [0.2, 0.25) is 0 Å². The summed E-state index contributed by atoms with van der Waals surface area (Å²) in [4.78, 5) is 25.6. The van der Waals surface area contributed by atoms with Gasteiger partial charge in [0.25, 0.3) is 5.91 Å². The molecular formula is C20H21N5O2. The number of amides is 1. The summed E-state index contributed by atoms with van der Waals surface area (Å²) in [6.07, 6.45) is 6.80. The number of piperazine rings is 1. The van der Waals surface area contributed by atoms with Crippen LogP contribution in [0.1, 0.15) is 16.1 Å². The third-order valence-corrected chi connectivity index (χ3v) is 4.61. The minimum absolute atomic E-state index is 0.159. The fourth-order valence-corrected chi connectivity index (χ4v) is 3.14. The van der Waals surface area contributed by atoms with Gasteiger partial charge in [0.05, 0.1) is 30.3 Å². The van der Waals surface area contributed by atoms with Crippen LogP contribution in [0.3, 0.4) is 0 Å². The number of nitrogens with zero attached hydrogens (tertiary/aromatic N) is 4. The summed E-state index contributed by atoms with van der Waals surface area (Å²) in [6, 6.07) is 11.5. The summed E-state index contributed by atoms with van der Waals surface area (Å²) in [5, 5.41) is 2.85. The van der Waals surface area contributed by atoms with Crippen LogP contribution in [0, 0.1) is 0 Å². The number of anilines is 2. The Labute approximate surface area is 157 Å². The van der Waals surface area contributed by atoms with Crippen molar-refractivity contribution in [3.8, 4) is 0 Å². The topological polar surface area (TPSA) is 74.5 Å². The lowest BCUT2D eigenvalue weighted by atomic mass is 10.2. The molecule has 0 aromatic carbocycles. The van der Waals surface area contributed by atoms with Crippen LogP contribution in [0.25, 0.3) is 0 Å². The van der Waals surface area contributed by atoms with Gasteiger partial charge in [-0.25, -0.2) is 4.98 Å². The van der Waals surface area contributed by atoms with Gasteiger partial charge in [0, 0.05) is 38.6 Å². The van der Waals surface area contributed by atoms with Crippen LogP contribution in [0.5, 0.6) is 0 Å². The molecule has 27 heavy (non-hydrogen) atoms. The highest BCUT2D eigenvalue weighted by atomic mass is 16.3. The van der Waals surface area contributed by atoms with Crippen LogP contribution < -0.4 is 15.1 Å². The Morgan fingerprint density at radius 2 is 1.93 bits per heavy atom. The first-order chi connectivity index (χ1) is 13.3. The average molecular weight is 363 g/mol. The predicted molar refractivity (Wildman–Crippen MR) is 103 cm³/mol. The molecule has 1 amide bonds. The number of aromatic nitrogens is 2. The fraction of sp³-hybridized carbons (Fsp3) is 0.250. The van der Waals surface area contributed by atoms with E-state index < -0.39 is 0 Å². The van der Waals surface area contributed by atoms with Gasteiger partial charge >= 0.3 is 0 Å². The lowest BCUT2D eigenvalue weighted by molar-refractivity contribution is 0.0947. The minimum atomic E-state index is -0.159. The summed E-state index contributed by atoms with van der Waals surface area (Å²) in [6.45, 7) is 3.84. The molecule has 4 rings (SSSR count). The van der Waals surface area contributed by atoms with Gasteiger partial charge in [-0.2, -0.15) is 0 Å². The van der Waals surface area contributed by atoms with Crippen molar-refractivity contribution in [2.75, 3.05) is 36.0 Å². The molecule has 0 unspecified atom stereocenters. The van der Waals surface area contributed by atoms with E-state index in [-0.39, 0.29) is 5.91 Å². The van der Waals surface area contributed by atoms with E-state index in [0.717, 1.165) is 43.4 Å². The Hall–Kier alpha value is -3.35. The van der Waals surface area contributed by atoms with E-state index in [2.05, 4.69) is 25.1 Å². The summed E-state index contributed by atoms with van der Waals surface area (Å²) >= 11 is 0. The maximum Gasteiger partial charge on any atom is 0.253 e. The second-order valence-corrected chi connectivity index (χ2v) is 6.36. The monoisotopic (exact) mass is 363 g/mol. The highest BCUT2D eigenvalue weighted by molar-refractivity contribution is 5.94. The van der Waals surface area contributed by atoms with Crippen molar-refractivity contribution in [2.45, 2.75) is 6.54 Å². The number of rotatable bonds is 5. The van der Waals surface area contributed by atoms with Crippen molar-refractivity contribution in [3.63, 3.8) is 0 Å². The van der Waals surface area contributed by atoms with Gasteiger partial charge in [0.15, 0.2) is 0 Å². The van der Waals surface area contributed by atoms with Gasteiger partial charge in [-0.1, -0.05) is 6.07 Å². The molecule has 1 aliphatic heterocycles. The normalized spacial score (nSPS) is 14.2. The van der Waals surface area contributed by atoms with Crippen LogP contribution in [0.15, 0.2) is 65.7 Å². The molecular weight excluding hydrogens is 342 g/mol. The molecule has 3 aromatic heterocycles. The molecule has 0 aliphatic carbocycles. The highest BCUT2D eigenvalue weighted by Gasteiger charge is 2.19.